The Kier molecular flexibility index (Phi) is 10.3. The van der Waals surface area contributed by atoms with Gasteiger partial charge in [0.1, 0.15) is 11.9 Å². The highest BCUT2D eigenvalue weighted by atomic mass is 35.5. The summed E-state index contributed by atoms with van der Waals surface area (Å²) < 4.78 is 6.22. The molecule has 3 aromatic rings. The number of rotatable bonds is 10. The summed E-state index contributed by atoms with van der Waals surface area (Å²) in [6.45, 7) is 7.31. The zero-order chi connectivity index (χ0) is 32.4. The molecule has 2 amide bonds. The fourth-order valence-corrected chi connectivity index (χ4v) is 7.44. The molecule has 1 aliphatic carbocycles. The number of aryl methyl sites for hydroxylation is 1. The second-order valence-electron chi connectivity index (χ2n) is 12.7. The molecular weight excluding hydrogens is 645 g/mol. The lowest BCUT2D eigenvalue weighted by molar-refractivity contribution is -0.138. The number of nitrogens with one attached hydrogen (secondary N) is 2. The molecule has 3 aliphatic rings. The number of nitrogens with zero attached hydrogens (tertiary/aromatic N) is 3. The van der Waals surface area contributed by atoms with E-state index in [1.54, 1.807) is 0 Å². The lowest BCUT2D eigenvalue weighted by Gasteiger charge is -2.36. The second kappa shape index (κ2) is 14.4. The first-order valence-electron chi connectivity index (χ1n) is 16.0. The first-order chi connectivity index (χ1) is 22.2. The molecule has 8 nitrogen and oxygen atoms in total. The van der Waals surface area contributed by atoms with Crippen molar-refractivity contribution in [2.24, 2.45) is 5.92 Å². The Balaban J connectivity index is 1.13. The minimum absolute atomic E-state index is 0.0430. The Morgan fingerprint density at radius 1 is 1.04 bits per heavy atom. The summed E-state index contributed by atoms with van der Waals surface area (Å²) in [5.41, 5.74) is 3.93. The third kappa shape index (κ3) is 7.73. The van der Waals surface area contributed by atoms with Crippen LogP contribution in [0.15, 0.2) is 48.7 Å². The van der Waals surface area contributed by atoms with Gasteiger partial charge in [-0.25, -0.2) is 4.98 Å². The van der Waals surface area contributed by atoms with E-state index in [2.05, 4.69) is 27.7 Å². The first-order valence-corrected chi connectivity index (χ1v) is 17.2. The first kappa shape index (κ1) is 32.9. The summed E-state index contributed by atoms with van der Waals surface area (Å²) in [5, 5.41) is 7.97. The Hall–Kier alpha value is -3.04. The monoisotopic (exact) mass is 683 g/mol. The minimum Gasteiger partial charge on any atom is -0.485 e. The zero-order valence-corrected chi connectivity index (χ0v) is 28.5. The third-order valence-electron chi connectivity index (χ3n) is 9.16. The lowest BCUT2D eigenvalue weighted by atomic mass is 9.80. The number of pyridine rings is 1. The molecule has 2 N–H and O–H groups in total. The number of amides is 2. The number of benzene rings is 2. The molecule has 0 unspecified atom stereocenters. The summed E-state index contributed by atoms with van der Waals surface area (Å²) in [6, 6.07) is 13.9. The predicted molar refractivity (Wildman–Crippen MR) is 183 cm³/mol. The van der Waals surface area contributed by atoms with Crippen LogP contribution in [0.25, 0.3) is 0 Å². The fourth-order valence-electron chi connectivity index (χ4n) is 6.57. The molecule has 1 aromatic heterocycles. The van der Waals surface area contributed by atoms with Gasteiger partial charge in [0.2, 0.25) is 11.8 Å². The predicted octanol–water partition coefficient (Wildman–Crippen LogP) is 6.53. The number of hydrogen-bond acceptors (Lipinski definition) is 6. The van der Waals surface area contributed by atoms with Crippen molar-refractivity contribution in [3.63, 3.8) is 0 Å². The quantitative estimate of drug-likeness (QED) is 0.253. The van der Waals surface area contributed by atoms with Crippen molar-refractivity contribution in [2.75, 3.05) is 31.1 Å². The van der Waals surface area contributed by atoms with Crippen LogP contribution in [-0.4, -0.2) is 60.0 Å². The molecule has 3 fully saturated rings. The van der Waals surface area contributed by atoms with E-state index in [1.807, 2.05) is 48.4 Å². The van der Waals surface area contributed by atoms with Gasteiger partial charge in [0, 0.05) is 56.8 Å². The highest BCUT2D eigenvalue weighted by Crippen LogP contribution is 2.38. The van der Waals surface area contributed by atoms with E-state index in [-0.39, 0.29) is 35.8 Å². The van der Waals surface area contributed by atoms with E-state index < -0.39 is 0 Å². The summed E-state index contributed by atoms with van der Waals surface area (Å²) in [7, 11) is 0. The van der Waals surface area contributed by atoms with Crippen LogP contribution in [0.4, 0.5) is 5.82 Å². The zero-order valence-electron chi connectivity index (χ0n) is 26.2. The van der Waals surface area contributed by atoms with Crippen LogP contribution >= 0.6 is 34.8 Å². The highest BCUT2D eigenvalue weighted by Gasteiger charge is 2.40. The van der Waals surface area contributed by atoms with Crippen LogP contribution in [0.1, 0.15) is 60.8 Å². The van der Waals surface area contributed by atoms with Crippen molar-refractivity contribution in [3.05, 3.63) is 86.0 Å². The molecule has 0 spiro atoms. The number of carbonyl (C=O) groups excluding carboxylic acids is 2. The molecule has 244 valence electrons. The standard InChI is InChI=1S/C35H40Cl3N5O3/c1-21-13-31(37)34(32(38)14-21)46-27-10-12-42(20-27)33-8-4-24(17-41-33)28-9-11-39-18-29(28)35(45)43(26-5-6-26)19-25-15-23(3-7-30(25)36)16-40-22(2)44/h3-4,7-8,13-15,17,26-29,39H,5-6,9-12,16,18-20H2,1-2H3,(H,40,44)/t27-,28+,29-/m0/s1. The molecule has 2 aliphatic heterocycles. The molecule has 6 rings (SSSR count). The van der Waals surface area contributed by atoms with Gasteiger partial charge in [-0.1, -0.05) is 53.0 Å². The minimum atomic E-state index is -0.197. The molecule has 0 radical (unpaired) electrons. The molecule has 2 saturated heterocycles. The van der Waals surface area contributed by atoms with Crippen molar-refractivity contribution < 1.29 is 14.3 Å². The Morgan fingerprint density at radius 3 is 2.52 bits per heavy atom. The van der Waals surface area contributed by atoms with E-state index in [0.717, 1.165) is 66.8 Å². The van der Waals surface area contributed by atoms with E-state index >= 15 is 0 Å². The molecular formula is C35H40Cl3N5O3. The van der Waals surface area contributed by atoms with Gasteiger partial charge in [-0.15, -0.1) is 0 Å². The topological polar surface area (TPSA) is 86.8 Å². The van der Waals surface area contributed by atoms with Crippen LogP contribution in [0.3, 0.4) is 0 Å². The number of hydrogen-bond donors (Lipinski definition) is 2. The average molecular weight is 685 g/mol. The van der Waals surface area contributed by atoms with Gasteiger partial charge in [0.15, 0.2) is 5.75 Å². The summed E-state index contributed by atoms with van der Waals surface area (Å²) in [5.74, 6) is 1.36. The summed E-state index contributed by atoms with van der Waals surface area (Å²) in [4.78, 5) is 34.8. The number of piperidine rings is 1. The summed E-state index contributed by atoms with van der Waals surface area (Å²) >= 11 is 19.5. The van der Waals surface area contributed by atoms with Gasteiger partial charge < -0.3 is 25.2 Å². The van der Waals surface area contributed by atoms with Crippen molar-refractivity contribution in [2.45, 2.75) is 70.7 Å². The van der Waals surface area contributed by atoms with E-state index in [1.165, 1.54) is 6.92 Å². The van der Waals surface area contributed by atoms with E-state index in [0.29, 0.717) is 47.0 Å². The Morgan fingerprint density at radius 2 is 1.83 bits per heavy atom. The van der Waals surface area contributed by atoms with Gasteiger partial charge >= 0.3 is 0 Å². The van der Waals surface area contributed by atoms with Crippen molar-refractivity contribution in [1.82, 2.24) is 20.5 Å². The van der Waals surface area contributed by atoms with Crippen molar-refractivity contribution >= 4 is 52.4 Å². The molecule has 1 saturated carbocycles. The third-order valence-corrected chi connectivity index (χ3v) is 10.1. The smallest absolute Gasteiger partial charge is 0.228 e. The van der Waals surface area contributed by atoms with Crippen LogP contribution in [0, 0.1) is 12.8 Å². The largest absolute Gasteiger partial charge is 0.485 e. The van der Waals surface area contributed by atoms with Crippen molar-refractivity contribution in [1.29, 1.82) is 0 Å². The SMILES string of the molecule is CC(=O)NCc1ccc(Cl)c(CN(C(=O)[C@H]2CNCC[C@@H]2c2ccc(N3CC[C@H](Oc4c(Cl)cc(C)cc4Cl)C3)nc2)C2CC2)c1. The number of aromatic nitrogens is 1. The number of ether oxygens (including phenoxy) is 1. The molecule has 11 heteroatoms. The van der Waals surface area contributed by atoms with Gasteiger partial charge in [-0.2, -0.15) is 0 Å². The van der Waals surface area contributed by atoms with Crippen LogP contribution in [-0.2, 0) is 22.7 Å². The molecule has 3 atom stereocenters. The number of anilines is 1. The molecule has 46 heavy (non-hydrogen) atoms. The van der Waals surface area contributed by atoms with Gasteiger partial charge in [0.25, 0.3) is 0 Å². The highest BCUT2D eigenvalue weighted by molar-refractivity contribution is 6.37. The number of halogens is 3. The normalized spacial score (nSPS) is 21.2. The lowest BCUT2D eigenvalue weighted by Crippen LogP contribution is -2.47. The molecule has 2 aromatic carbocycles. The number of carbonyl (C=O) groups is 2. The van der Waals surface area contributed by atoms with Gasteiger partial charge in [-0.3, -0.25) is 9.59 Å². The Labute approximate surface area is 285 Å². The second-order valence-corrected chi connectivity index (χ2v) is 13.9. The van der Waals surface area contributed by atoms with Gasteiger partial charge in [0.05, 0.1) is 22.5 Å². The maximum Gasteiger partial charge on any atom is 0.228 e. The van der Waals surface area contributed by atoms with Crippen LogP contribution < -0.4 is 20.3 Å². The van der Waals surface area contributed by atoms with Crippen molar-refractivity contribution in [3.8, 4) is 5.75 Å². The summed E-state index contributed by atoms with van der Waals surface area (Å²) in [6.07, 6.45) is 5.60. The van der Waals surface area contributed by atoms with Crippen LogP contribution in [0.5, 0.6) is 5.75 Å². The van der Waals surface area contributed by atoms with E-state index in [4.69, 9.17) is 44.5 Å². The van der Waals surface area contributed by atoms with Gasteiger partial charge in [-0.05, 0) is 85.2 Å². The maximum absolute atomic E-state index is 14.2. The van der Waals surface area contributed by atoms with Crippen LogP contribution in [0.2, 0.25) is 15.1 Å². The van der Waals surface area contributed by atoms with E-state index in [9.17, 15) is 9.59 Å². The molecule has 0 bridgehead atoms. The fraction of sp³-hybridized carbons (Fsp3) is 0.457. The Bertz CT molecular complexity index is 1560. The maximum atomic E-state index is 14.2. The molecule has 3 heterocycles. The average Bonchev–Trinajstić information content (AvgIpc) is 3.78.